The summed E-state index contributed by atoms with van der Waals surface area (Å²) in [6, 6.07) is 0. The number of ether oxygens (including phenoxy) is 1. The highest BCUT2D eigenvalue weighted by atomic mass is 16.5. The first kappa shape index (κ1) is 19.0. The maximum atomic E-state index is 5.81. The maximum Gasteiger partial charge on any atom is 0.0593 e. The standard InChI is InChI=1S/C19H39NO/c1-17(2,3)9-8-15-21-16-14-20-12-10-19(7,11-13-20)18(4,5)6/h8-16H2,1-7H3. The summed E-state index contributed by atoms with van der Waals surface area (Å²) in [5, 5.41) is 0. The molecule has 0 aromatic rings. The summed E-state index contributed by atoms with van der Waals surface area (Å²) in [5.41, 5.74) is 1.35. The third-order valence-electron chi connectivity index (χ3n) is 5.54. The lowest BCUT2D eigenvalue weighted by Crippen LogP contribution is -2.45. The van der Waals surface area contributed by atoms with Gasteiger partial charge in [-0.25, -0.2) is 0 Å². The van der Waals surface area contributed by atoms with Crippen LogP contribution in [0.1, 0.15) is 74.1 Å². The van der Waals surface area contributed by atoms with Crippen LogP contribution in [0.3, 0.4) is 0 Å². The molecule has 1 aliphatic heterocycles. The zero-order valence-electron chi connectivity index (χ0n) is 15.7. The molecule has 1 heterocycles. The molecule has 0 saturated carbocycles. The molecule has 0 aromatic heterocycles. The first-order chi connectivity index (χ1) is 9.54. The number of likely N-dealkylation sites (tertiary alicyclic amines) is 1. The Morgan fingerprint density at radius 3 is 2.00 bits per heavy atom. The zero-order chi connectivity index (χ0) is 16.1. The molecule has 0 bridgehead atoms. The van der Waals surface area contributed by atoms with Gasteiger partial charge in [-0.05, 0) is 55.0 Å². The molecule has 1 fully saturated rings. The van der Waals surface area contributed by atoms with Crippen molar-refractivity contribution in [2.45, 2.75) is 74.1 Å². The Kier molecular flexibility index (Phi) is 6.74. The topological polar surface area (TPSA) is 12.5 Å². The van der Waals surface area contributed by atoms with Gasteiger partial charge in [0.1, 0.15) is 0 Å². The van der Waals surface area contributed by atoms with Gasteiger partial charge >= 0.3 is 0 Å². The highest BCUT2D eigenvalue weighted by Crippen LogP contribution is 2.46. The summed E-state index contributed by atoms with van der Waals surface area (Å²) < 4.78 is 5.81. The normalized spacial score (nSPS) is 20.7. The third-order valence-corrected chi connectivity index (χ3v) is 5.54. The SMILES string of the molecule is CC(C)(C)CCCOCCN1CCC(C)(C(C)(C)C)CC1. The summed E-state index contributed by atoms with van der Waals surface area (Å²) in [5.74, 6) is 0. The van der Waals surface area contributed by atoms with Gasteiger partial charge in [0.15, 0.2) is 0 Å². The molecule has 0 amide bonds. The molecule has 0 spiro atoms. The first-order valence-electron chi connectivity index (χ1n) is 8.84. The van der Waals surface area contributed by atoms with Crippen molar-refractivity contribution in [1.82, 2.24) is 4.90 Å². The van der Waals surface area contributed by atoms with Crippen LogP contribution < -0.4 is 0 Å². The van der Waals surface area contributed by atoms with Gasteiger partial charge in [0.25, 0.3) is 0 Å². The van der Waals surface area contributed by atoms with Crippen molar-refractivity contribution in [3.8, 4) is 0 Å². The van der Waals surface area contributed by atoms with Crippen molar-refractivity contribution < 1.29 is 4.74 Å². The lowest BCUT2D eigenvalue weighted by atomic mass is 9.63. The molecule has 0 radical (unpaired) electrons. The van der Waals surface area contributed by atoms with Gasteiger partial charge in [-0.1, -0.05) is 48.5 Å². The molecule has 2 heteroatoms. The molecular formula is C19H39NO. The van der Waals surface area contributed by atoms with Crippen molar-refractivity contribution in [2.75, 3.05) is 32.8 Å². The van der Waals surface area contributed by atoms with Gasteiger partial charge in [-0.2, -0.15) is 0 Å². The quantitative estimate of drug-likeness (QED) is 0.641. The Morgan fingerprint density at radius 2 is 1.52 bits per heavy atom. The summed E-state index contributed by atoms with van der Waals surface area (Å²) in [6.45, 7) is 21.9. The number of hydrogen-bond acceptors (Lipinski definition) is 2. The van der Waals surface area contributed by atoms with Crippen LogP contribution in [0.15, 0.2) is 0 Å². The van der Waals surface area contributed by atoms with E-state index >= 15 is 0 Å². The van der Waals surface area contributed by atoms with Crippen molar-refractivity contribution in [3.05, 3.63) is 0 Å². The first-order valence-corrected chi connectivity index (χ1v) is 8.84. The summed E-state index contributed by atoms with van der Waals surface area (Å²) in [6.07, 6.45) is 5.08. The molecule has 1 aliphatic rings. The van der Waals surface area contributed by atoms with Crippen molar-refractivity contribution in [3.63, 3.8) is 0 Å². The Bertz CT molecular complexity index is 290. The van der Waals surface area contributed by atoms with E-state index in [1.165, 1.54) is 38.8 Å². The molecule has 0 aliphatic carbocycles. The van der Waals surface area contributed by atoms with Gasteiger partial charge in [-0.15, -0.1) is 0 Å². The monoisotopic (exact) mass is 297 g/mol. The zero-order valence-corrected chi connectivity index (χ0v) is 15.7. The van der Waals surface area contributed by atoms with E-state index in [9.17, 15) is 0 Å². The number of nitrogens with zero attached hydrogens (tertiary/aromatic N) is 1. The molecule has 0 atom stereocenters. The Morgan fingerprint density at radius 1 is 0.952 bits per heavy atom. The smallest absolute Gasteiger partial charge is 0.0593 e. The molecule has 0 N–H and O–H groups in total. The third kappa shape index (κ3) is 6.69. The van der Waals surface area contributed by atoms with E-state index in [1.54, 1.807) is 0 Å². The lowest BCUT2D eigenvalue weighted by molar-refractivity contribution is 0.0103. The van der Waals surface area contributed by atoms with E-state index in [4.69, 9.17) is 4.74 Å². The molecule has 0 unspecified atom stereocenters. The van der Waals surface area contributed by atoms with Crippen LogP contribution in [0.5, 0.6) is 0 Å². The fraction of sp³-hybridized carbons (Fsp3) is 1.00. The second-order valence-electron chi connectivity index (χ2n) is 9.43. The van der Waals surface area contributed by atoms with E-state index in [0.29, 0.717) is 16.2 Å². The number of rotatable bonds is 6. The highest BCUT2D eigenvalue weighted by molar-refractivity contribution is 4.91. The summed E-state index contributed by atoms with van der Waals surface area (Å²) >= 11 is 0. The fourth-order valence-electron chi connectivity index (χ4n) is 3.02. The Balaban J connectivity index is 2.11. The minimum Gasteiger partial charge on any atom is -0.380 e. The molecule has 2 nitrogen and oxygen atoms in total. The van der Waals surface area contributed by atoms with Gasteiger partial charge < -0.3 is 9.64 Å². The summed E-state index contributed by atoms with van der Waals surface area (Å²) in [7, 11) is 0. The van der Waals surface area contributed by atoms with E-state index in [0.717, 1.165) is 19.8 Å². The van der Waals surface area contributed by atoms with Crippen molar-refractivity contribution in [1.29, 1.82) is 0 Å². The van der Waals surface area contributed by atoms with Crippen LogP contribution in [0.4, 0.5) is 0 Å². The molecule has 0 aromatic carbocycles. The van der Waals surface area contributed by atoms with E-state index in [2.05, 4.69) is 53.4 Å². The van der Waals surface area contributed by atoms with Gasteiger partial charge in [-0.3, -0.25) is 0 Å². The van der Waals surface area contributed by atoms with E-state index in [-0.39, 0.29) is 0 Å². The van der Waals surface area contributed by atoms with E-state index in [1.807, 2.05) is 0 Å². The minimum atomic E-state index is 0.419. The average molecular weight is 298 g/mol. The van der Waals surface area contributed by atoms with Crippen LogP contribution in [-0.4, -0.2) is 37.7 Å². The van der Waals surface area contributed by atoms with Crippen LogP contribution in [0, 0.1) is 16.2 Å². The molecule has 1 saturated heterocycles. The van der Waals surface area contributed by atoms with Crippen LogP contribution in [0.2, 0.25) is 0 Å². The highest BCUT2D eigenvalue weighted by Gasteiger charge is 2.39. The fourth-order valence-corrected chi connectivity index (χ4v) is 3.02. The van der Waals surface area contributed by atoms with Crippen LogP contribution in [0.25, 0.3) is 0 Å². The van der Waals surface area contributed by atoms with Crippen molar-refractivity contribution in [2.24, 2.45) is 16.2 Å². The summed E-state index contributed by atoms with van der Waals surface area (Å²) in [4.78, 5) is 2.58. The minimum absolute atomic E-state index is 0.419. The maximum absolute atomic E-state index is 5.81. The largest absolute Gasteiger partial charge is 0.380 e. The number of hydrogen-bond donors (Lipinski definition) is 0. The lowest BCUT2D eigenvalue weighted by Gasteiger charge is -2.47. The van der Waals surface area contributed by atoms with Gasteiger partial charge in [0, 0.05) is 13.2 Å². The number of piperidine rings is 1. The molecule has 126 valence electrons. The van der Waals surface area contributed by atoms with Crippen LogP contribution in [-0.2, 0) is 4.74 Å². The second-order valence-corrected chi connectivity index (χ2v) is 9.43. The molecule has 21 heavy (non-hydrogen) atoms. The Labute approximate surface area is 133 Å². The Hall–Kier alpha value is -0.0800. The van der Waals surface area contributed by atoms with E-state index < -0.39 is 0 Å². The molecule has 1 rings (SSSR count). The van der Waals surface area contributed by atoms with Crippen molar-refractivity contribution >= 4 is 0 Å². The second kappa shape index (κ2) is 7.46. The molecular weight excluding hydrogens is 258 g/mol. The average Bonchev–Trinajstić information content (AvgIpc) is 2.33. The predicted molar refractivity (Wildman–Crippen MR) is 92.7 cm³/mol. The van der Waals surface area contributed by atoms with Gasteiger partial charge in [0.05, 0.1) is 6.61 Å². The van der Waals surface area contributed by atoms with Gasteiger partial charge in [0.2, 0.25) is 0 Å². The predicted octanol–water partition coefficient (Wildman–Crippen LogP) is 4.98. The van der Waals surface area contributed by atoms with Crippen LogP contribution >= 0.6 is 0 Å².